The normalized spacial score (nSPS) is 15.8. The van der Waals surface area contributed by atoms with Gasteiger partial charge in [0.2, 0.25) is 0 Å². The molecule has 1 atom stereocenters. The van der Waals surface area contributed by atoms with Gasteiger partial charge in [0, 0.05) is 23.2 Å². The lowest BCUT2D eigenvalue weighted by atomic mass is 10.1. The number of carboxylic acid groups (broad SMARTS) is 1. The molecule has 20 heavy (non-hydrogen) atoms. The van der Waals surface area contributed by atoms with Crippen molar-refractivity contribution in [3.05, 3.63) is 34.3 Å². The fourth-order valence-corrected chi connectivity index (χ4v) is 2.23. The van der Waals surface area contributed by atoms with Crippen LogP contribution in [0.15, 0.2) is 18.2 Å². The summed E-state index contributed by atoms with van der Waals surface area (Å²) in [4.78, 5) is 25.2. The first-order valence-electron chi connectivity index (χ1n) is 6.70. The van der Waals surface area contributed by atoms with E-state index < -0.39 is 11.9 Å². The predicted octanol–water partition coefficient (Wildman–Crippen LogP) is 2.97. The molecule has 1 N–H and O–H groups in total. The molecule has 1 aliphatic rings. The Morgan fingerprint density at radius 3 is 2.60 bits per heavy atom. The molecule has 0 unspecified atom stereocenters. The monoisotopic (exact) mass is 295 g/mol. The number of aryl methyl sites for hydroxylation is 1. The van der Waals surface area contributed by atoms with Crippen LogP contribution in [0, 0.1) is 12.8 Å². The van der Waals surface area contributed by atoms with Crippen LogP contribution < -0.4 is 0 Å². The lowest BCUT2D eigenvalue weighted by molar-refractivity contribution is -0.141. The van der Waals surface area contributed by atoms with Gasteiger partial charge in [-0.15, -0.1) is 0 Å². The van der Waals surface area contributed by atoms with Gasteiger partial charge in [-0.05, 0) is 37.5 Å². The molecule has 0 aromatic heterocycles. The Bertz CT molecular complexity index is 540. The first-order chi connectivity index (χ1) is 9.40. The fraction of sp³-hybridized carbons (Fsp3) is 0.467. The third-order valence-corrected chi connectivity index (χ3v) is 3.97. The Hall–Kier alpha value is -1.55. The molecule has 0 aliphatic heterocycles. The molecule has 0 heterocycles. The van der Waals surface area contributed by atoms with Gasteiger partial charge in [0.15, 0.2) is 0 Å². The van der Waals surface area contributed by atoms with Crippen molar-refractivity contribution in [2.75, 3.05) is 6.54 Å². The number of carboxylic acids is 1. The first kappa shape index (κ1) is 14.9. The molecule has 5 heteroatoms. The number of benzene rings is 1. The summed E-state index contributed by atoms with van der Waals surface area (Å²) in [6, 6.07) is 5.37. The van der Waals surface area contributed by atoms with Crippen molar-refractivity contribution >= 4 is 23.5 Å². The van der Waals surface area contributed by atoms with Crippen LogP contribution in [0.3, 0.4) is 0 Å². The Kier molecular flexibility index (Phi) is 4.33. The molecule has 0 saturated heterocycles. The van der Waals surface area contributed by atoms with E-state index in [0.29, 0.717) is 10.6 Å². The van der Waals surface area contributed by atoms with E-state index in [0.717, 1.165) is 18.4 Å². The van der Waals surface area contributed by atoms with Gasteiger partial charge in [-0.2, -0.15) is 0 Å². The van der Waals surface area contributed by atoms with E-state index in [1.54, 1.807) is 30.0 Å². The number of hydrogen-bond donors (Lipinski definition) is 1. The van der Waals surface area contributed by atoms with Crippen LogP contribution in [0.25, 0.3) is 0 Å². The molecule has 1 aromatic carbocycles. The van der Waals surface area contributed by atoms with E-state index >= 15 is 0 Å². The lowest BCUT2D eigenvalue weighted by Gasteiger charge is -2.24. The van der Waals surface area contributed by atoms with E-state index in [4.69, 9.17) is 16.7 Å². The number of amides is 1. The number of nitrogens with zero attached hydrogens (tertiary/aromatic N) is 1. The highest BCUT2D eigenvalue weighted by Crippen LogP contribution is 2.29. The van der Waals surface area contributed by atoms with Gasteiger partial charge in [-0.3, -0.25) is 9.59 Å². The molecule has 1 saturated carbocycles. The number of carbonyl (C=O) groups excluding carboxylic acids is 1. The second-order valence-corrected chi connectivity index (χ2v) is 5.80. The van der Waals surface area contributed by atoms with Gasteiger partial charge in [0.1, 0.15) is 0 Å². The topological polar surface area (TPSA) is 57.6 Å². The molecule has 4 nitrogen and oxygen atoms in total. The zero-order valence-electron chi connectivity index (χ0n) is 11.6. The molecular formula is C15H18ClNO3. The second-order valence-electron chi connectivity index (χ2n) is 5.39. The molecule has 1 aromatic rings. The summed E-state index contributed by atoms with van der Waals surface area (Å²) < 4.78 is 0. The number of rotatable bonds is 5. The summed E-state index contributed by atoms with van der Waals surface area (Å²) in [6.45, 7) is 3.74. The van der Waals surface area contributed by atoms with Gasteiger partial charge in [0.05, 0.1) is 5.92 Å². The molecule has 1 fully saturated rings. The summed E-state index contributed by atoms with van der Waals surface area (Å²) in [5, 5.41) is 9.56. The Morgan fingerprint density at radius 2 is 2.10 bits per heavy atom. The highest BCUT2D eigenvalue weighted by Gasteiger charge is 2.34. The van der Waals surface area contributed by atoms with Crippen molar-refractivity contribution < 1.29 is 14.7 Å². The van der Waals surface area contributed by atoms with Gasteiger partial charge in [-0.25, -0.2) is 0 Å². The summed E-state index contributed by atoms with van der Waals surface area (Å²) in [6.07, 6.45) is 1.88. The van der Waals surface area contributed by atoms with Crippen molar-refractivity contribution in [2.45, 2.75) is 32.7 Å². The van der Waals surface area contributed by atoms with Gasteiger partial charge in [0.25, 0.3) is 5.91 Å². The van der Waals surface area contributed by atoms with Gasteiger partial charge < -0.3 is 10.0 Å². The lowest BCUT2D eigenvalue weighted by Crippen LogP contribution is -2.38. The van der Waals surface area contributed by atoms with Crippen LogP contribution >= 0.6 is 11.6 Å². The summed E-state index contributed by atoms with van der Waals surface area (Å²) >= 11 is 6.05. The molecule has 0 bridgehead atoms. The van der Waals surface area contributed by atoms with E-state index in [9.17, 15) is 9.59 Å². The Morgan fingerprint density at radius 1 is 1.45 bits per heavy atom. The first-order valence-corrected chi connectivity index (χ1v) is 7.08. The van der Waals surface area contributed by atoms with Crippen molar-refractivity contribution in [3.63, 3.8) is 0 Å². The van der Waals surface area contributed by atoms with E-state index in [-0.39, 0.29) is 18.5 Å². The Labute approximate surface area is 123 Å². The maximum absolute atomic E-state index is 12.5. The largest absolute Gasteiger partial charge is 0.481 e. The predicted molar refractivity (Wildman–Crippen MR) is 77.0 cm³/mol. The average Bonchev–Trinajstić information content (AvgIpc) is 3.22. The van der Waals surface area contributed by atoms with Crippen LogP contribution in [0.4, 0.5) is 0 Å². The van der Waals surface area contributed by atoms with Crippen LogP contribution in [-0.2, 0) is 4.79 Å². The minimum absolute atomic E-state index is 0.137. The van der Waals surface area contributed by atoms with Crippen LogP contribution in [0.1, 0.15) is 35.7 Å². The zero-order valence-corrected chi connectivity index (χ0v) is 12.4. The van der Waals surface area contributed by atoms with Crippen molar-refractivity contribution in [2.24, 2.45) is 5.92 Å². The smallest absolute Gasteiger partial charge is 0.308 e. The zero-order chi connectivity index (χ0) is 14.9. The maximum Gasteiger partial charge on any atom is 0.308 e. The van der Waals surface area contributed by atoms with Crippen LogP contribution in [0.5, 0.6) is 0 Å². The molecule has 108 valence electrons. The SMILES string of the molecule is Cc1ccc(C(=O)N(C[C@H](C)C(=O)O)C2CC2)cc1Cl. The second kappa shape index (κ2) is 5.83. The van der Waals surface area contributed by atoms with Crippen molar-refractivity contribution in [3.8, 4) is 0 Å². The van der Waals surface area contributed by atoms with E-state index in [1.165, 1.54) is 0 Å². The number of hydrogen-bond acceptors (Lipinski definition) is 2. The molecule has 1 aliphatic carbocycles. The molecular weight excluding hydrogens is 278 g/mol. The highest BCUT2D eigenvalue weighted by molar-refractivity contribution is 6.31. The molecule has 2 rings (SSSR count). The van der Waals surface area contributed by atoms with Crippen molar-refractivity contribution in [1.29, 1.82) is 0 Å². The molecule has 0 spiro atoms. The fourth-order valence-electron chi connectivity index (χ4n) is 2.05. The quantitative estimate of drug-likeness (QED) is 0.908. The number of aliphatic carboxylic acids is 1. The minimum atomic E-state index is -0.884. The van der Waals surface area contributed by atoms with E-state index in [2.05, 4.69) is 0 Å². The minimum Gasteiger partial charge on any atom is -0.481 e. The number of halogens is 1. The standard InChI is InChI=1S/C15H18ClNO3/c1-9-3-4-11(7-13(9)16)14(18)17(12-5-6-12)8-10(2)15(19)20/h3-4,7,10,12H,5-6,8H2,1-2H3,(H,19,20)/t10-/m0/s1. The highest BCUT2D eigenvalue weighted by atomic mass is 35.5. The van der Waals surface area contributed by atoms with Gasteiger partial charge in [-0.1, -0.05) is 24.6 Å². The molecule has 0 radical (unpaired) electrons. The number of carbonyl (C=O) groups is 2. The van der Waals surface area contributed by atoms with Crippen LogP contribution in [0.2, 0.25) is 5.02 Å². The molecule has 1 amide bonds. The van der Waals surface area contributed by atoms with E-state index in [1.807, 2.05) is 6.92 Å². The maximum atomic E-state index is 12.5. The summed E-state index contributed by atoms with van der Waals surface area (Å²) in [7, 11) is 0. The average molecular weight is 296 g/mol. The third-order valence-electron chi connectivity index (χ3n) is 3.56. The third kappa shape index (κ3) is 3.31. The van der Waals surface area contributed by atoms with Crippen molar-refractivity contribution in [1.82, 2.24) is 4.90 Å². The summed E-state index contributed by atoms with van der Waals surface area (Å²) in [5.74, 6) is -1.59. The summed E-state index contributed by atoms with van der Waals surface area (Å²) in [5.41, 5.74) is 1.44. The van der Waals surface area contributed by atoms with Crippen LogP contribution in [-0.4, -0.2) is 34.5 Å². The van der Waals surface area contributed by atoms with Gasteiger partial charge >= 0.3 is 5.97 Å². The Balaban J connectivity index is 2.18.